The molecular weight excluding hydrogens is 294 g/mol. The maximum absolute atomic E-state index is 12.6. The lowest BCUT2D eigenvalue weighted by Gasteiger charge is -2.33. The van der Waals surface area contributed by atoms with E-state index in [-0.39, 0.29) is 28.9 Å². The van der Waals surface area contributed by atoms with Crippen molar-refractivity contribution in [1.29, 1.82) is 0 Å². The Labute approximate surface area is 135 Å². The van der Waals surface area contributed by atoms with Crippen molar-refractivity contribution >= 4 is 11.8 Å². The SMILES string of the molecule is Cn1cccc(C(=O)N2CCCC(C(=O)N3CCCC3)C2)c1=O. The van der Waals surface area contributed by atoms with E-state index in [1.54, 1.807) is 30.3 Å². The van der Waals surface area contributed by atoms with Gasteiger partial charge in [0.05, 0.1) is 5.92 Å². The molecule has 0 aromatic carbocycles. The predicted octanol–water partition coefficient (Wildman–Crippen LogP) is 0.860. The molecule has 1 aromatic rings. The first kappa shape index (κ1) is 15.8. The van der Waals surface area contributed by atoms with Crippen molar-refractivity contribution in [1.82, 2.24) is 14.4 Å². The molecule has 0 bridgehead atoms. The molecule has 6 nitrogen and oxygen atoms in total. The molecule has 2 aliphatic rings. The summed E-state index contributed by atoms with van der Waals surface area (Å²) < 4.78 is 1.41. The van der Waals surface area contributed by atoms with E-state index in [2.05, 4.69) is 0 Å². The molecule has 0 aliphatic carbocycles. The first-order valence-corrected chi connectivity index (χ1v) is 8.31. The largest absolute Gasteiger partial charge is 0.342 e. The number of amides is 2. The van der Waals surface area contributed by atoms with Crippen LogP contribution in [0.2, 0.25) is 0 Å². The Morgan fingerprint density at radius 2 is 1.78 bits per heavy atom. The Morgan fingerprint density at radius 3 is 2.52 bits per heavy atom. The number of hydrogen-bond donors (Lipinski definition) is 0. The van der Waals surface area contributed by atoms with E-state index in [9.17, 15) is 14.4 Å². The normalized spacial score (nSPS) is 21.5. The summed E-state index contributed by atoms with van der Waals surface area (Å²) in [5.74, 6) is -0.218. The van der Waals surface area contributed by atoms with Crippen LogP contribution in [0, 0.1) is 5.92 Å². The number of aryl methyl sites for hydroxylation is 1. The van der Waals surface area contributed by atoms with Gasteiger partial charge in [0.25, 0.3) is 11.5 Å². The van der Waals surface area contributed by atoms with Gasteiger partial charge in [-0.25, -0.2) is 0 Å². The van der Waals surface area contributed by atoms with Crippen LogP contribution in [0.1, 0.15) is 36.0 Å². The molecule has 0 saturated carbocycles. The Balaban J connectivity index is 1.73. The second-order valence-electron chi connectivity index (χ2n) is 6.46. The topological polar surface area (TPSA) is 62.6 Å². The van der Waals surface area contributed by atoms with Gasteiger partial charge in [-0.1, -0.05) is 0 Å². The summed E-state index contributed by atoms with van der Waals surface area (Å²) in [4.78, 5) is 40.9. The van der Waals surface area contributed by atoms with Crippen LogP contribution in [0.5, 0.6) is 0 Å². The number of carbonyl (C=O) groups excluding carboxylic acids is 2. The second kappa shape index (κ2) is 6.56. The Kier molecular flexibility index (Phi) is 4.50. The van der Waals surface area contributed by atoms with Crippen LogP contribution in [0.4, 0.5) is 0 Å². The number of pyridine rings is 1. The molecule has 6 heteroatoms. The van der Waals surface area contributed by atoms with Gasteiger partial charge in [0, 0.05) is 39.4 Å². The molecule has 0 N–H and O–H groups in total. The molecule has 1 aromatic heterocycles. The van der Waals surface area contributed by atoms with Gasteiger partial charge in [-0.05, 0) is 37.8 Å². The average Bonchev–Trinajstić information content (AvgIpc) is 3.11. The van der Waals surface area contributed by atoms with Gasteiger partial charge < -0.3 is 14.4 Å². The molecule has 23 heavy (non-hydrogen) atoms. The highest BCUT2D eigenvalue weighted by Gasteiger charge is 2.33. The molecule has 1 atom stereocenters. The van der Waals surface area contributed by atoms with Gasteiger partial charge in [-0.15, -0.1) is 0 Å². The van der Waals surface area contributed by atoms with Crippen LogP contribution < -0.4 is 5.56 Å². The van der Waals surface area contributed by atoms with Crippen LogP contribution >= 0.6 is 0 Å². The van der Waals surface area contributed by atoms with Crippen molar-refractivity contribution in [3.63, 3.8) is 0 Å². The number of likely N-dealkylation sites (tertiary alicyclic amines) is 2. The summed E-state index contributed by atoms with van der Waals surface area (Å²) in [5, 5.41) is 0. The highest BCUT2D eigenvalue weighted by Crippen LogP contribution is 2.22. The molecule has 3 rings (SSSR count). The molecule has 0 spiro atoms. The zero-order valence-electron chi connectivity index (χ0n) is 13.5. The van der Waals surface area contributed by atoms with Gasteiger partial charge in [0.2, 0.25) is 5.91 Å². The molecule has 2 saturated heterocycles. The van der Waals surface area contributed by atoms with E-state index in [0.29, 0.717) is 13.1 Å². The third kappa shape index (κ3) is 3.16. The van der Waals surface area contributed by atoms with Gasteiger partial charge in [-0.2, -0.15) is 0 Å². The number of rotatable bonds is 2. The van der Waals surface area contributed by atoms with Crippen molar-refractivity contribution in [2.45, 2.75) is 25.7 Å². The second-order valence-corrected chi connectivity index (χ2v) is 6.46. The molecule has 124 valence electrons. The maximum atomic E-state index is 12.6. The molecule has 2 fully saturated rings. The van der Waals surface area contributed by atoms with Crippen molar-refractivity contribution in [2.75, 3.05) is 26.2 Å². The van der Waals surface area contributed by atoms with E-state index in [1.165, 1.54) is 4.57 Å². The average molecular weight is 317 g/mol. The standard InChI is InChI=1S/C17H23N3O3/c1-18-8-5-7-14(16(18)22)17(23)20-11-4-6-13(12-20)15(21)19-9-2-3-10-19/h5,7-8,13H,2-4,6,9-12H2,1H3. The fourth-order valence-electron chi connectivity index (χ4n) is 3.49. The van der Waals surface area contributed by atoms with Crippen molar-refractivity contribution in [2.24, 2.45) is 13.0 Å². The van der Waals surface area contributed by atoms with Crippen LogP contribution in [0.15, 0.2) is 23.1 Å². The molecule has 2 amide bonds. The fraction of sp³-hybridized carbons (Fsp3) is 0.588. The Bertz CT molecular complexity index is 661. The lowest BCUT2D eigenvalue weighted by molar-refractivity contribution is -0.135. The quantitative estimate of drug-likeness (QED) is 0.813. The van der Waals surface area contributed by atoms with Crippen LogP contribution in [0.3, 0.4) is 0 Å². The first-order valence-electron chi connectivity index (χ1n) is 8.31. The lowest BCUT2D eigenvalue weighted by atomic mass is 9.96. The number of nitrogens with zero attached hydrogens (tertiary/aromatic N) is 3. The summed E-state index contributed by atoms with van der Waals surface area (Å²) in [6.07, 6.45) is 5.41. The summed E-state index contributed by atoms with van der Waals surface area (Å²) >= 11 is 0. The summed E-state index contributed by atoms with van der Waals surface area (Å²) in [7, 11) is 1.63. The van der Waals surface area contributed by atoms with Crippen molar-refractivity contribution in [3.8, 4) is 0 Å². The fourth-order valence-corrected chi connectivity index (χ4v) is 3.49. The number of hydrogen-bond acceptors (Lipinski definition) is 3. The Hall–Kier alpha value is -2.11. The third-order valence-electron chi connectivity index (χ3n) is 4.83. The van der Waals surface area contributed by atoms with E-state index in [0.717, 1.165) is 38.8 Å². The van der Waals surface area contributed by atoms with Crippen LogP contribution in [-0.4, -0.2) is 52.4 Å². The van der Waals surface area contributed by atoms with E-state index in [1.807, 2.05) is 4.90 Å². The van der Waals surface area contributed by atoms with E-state index >= 15 is 0 Å². The van der Waals surface area contributed by atoms with Crippen LogP contribution in [0.25, 0.3) is 0 Å². The lowest BCUT2D eigenvalue weighted by Crippen LogP contribution is -2.47. The number of aromatic nitrogens is 1. The number of piperidine rings is 1. The smallest absolute Gasteiger partial charge is 0.263 e. The van der Waals surface area contributed by atoms with Gasteiger partial charge in [-0.3, -0.25) is 14.4 Å². The zero-order chi connectivity index (χ0) is 16.4. The molecule has 1 unspecified atom stereocenters. The van der Waals surface area contributed by atoms with E-state index in [4.69, 9.17) is 0 Å². The highest BCUT2D eigenvalue weighted by molar-refractivity contribution is 5.94. The molecule has 3 heterocycles. The number of carbonyl (C=O) groups is 2. The summed E-state index contributed by atoms with van der Waals surface area (Å²) in [6.45, 7) is 2.71. The zero-order valence-corrected chi connectivity index (χ0v) is 13.5. The minimum atomic E-state index is -0.287. The summed E-state index contributed by atoms with van der Waals surface area (Å²) in [6, 6.07) is 3.27. The monoisotopic (exact) mass is 317 g/mol. The third-order valence-corrected chi connectivity index (χ3v) is 4.83. The van der Waals surface area contributed by atoms with Gasteiger partial charge >= 0.3 is 0 Å². The molecular formula is C17H23N3O3. The van der Waals surface area contributed by atoms with Crippen molar-refractivity contribution in [3.05, 3.63) is 34.2 Å². The maximum Gasteiger partial charge on any atom is 0.263 e. The Morgan fingerprint density at radius 1 is 1.09 bits per heavy atom. The molecule has 0 radical (unpaired) electrons. The predicted molar refractivity (Wildman–Crippen MR) is 86.1 cm³/mol. The minimum Gasteiger partial charge on any atom is -0.342 e. The first-order chi connectivity index (χ1) is 11.1. The summed E-state index contributed by atoms with van der Waals surface area (Å²) in [5.41, 5.74) is -0.102. The molecule has 2 aliphatic heterocycles. The van der Waals surface area contributed by atoms with Gasteiger partial charge in [0.15, 0.2) is 0 Å². The van der Waals surface area contributed by atoms with Crippen molar-refractivity contribution < 1.29 is 9.59 Å². The van der Waals surface area contributed by atoms with Crippen LogP contribution in [-0.2, 0) is 11.8 Å². The highest BCUT2D eigenvalue weighted by atomic mass is 16.2. The van der Waals surface area contributed by atoms with E-state index < -0.39 is 0 Å². The minimum absolute atomic E-state index is 0.127. The van der Waals surface area contributed by atoms with Gasteiger partial charge in [0.1, 0.15) is 5.56 Å².